The van der Waals surface area contributed by atoms with Crippen molar-refractivity contribution in [2.75, 3.05) is 26.8 Å². The number of carbonyl (C=O) groups excluding carboxylic acids is 1. The summed E-state index contributed by atoms with van der Waals surface area (Å²) < 4.78 is 5.09. The Morgan fingerprint density at radius 2 is 2.47 bits per heavy atom. The van der Waals surface area contributed by atoms with Crippen molar-refractivity contribution in [2.24, 2.45) is 5.92 Å². The first-order chi connectivity index (χ1) is 9.20. The number of piperidine rings is 1. The van der Waals surface area contributed by atoms with Crippen LogP contribution in [0.5, 0.6) is 0 Å². The molecule has 0 spiro atoms. The Balaban J connectivity index is 1.88. The molecular formula is C14H22N2O2S. The third kappa shape index (κ3) is 4.01. The van der Waals surface area contributed by atoms with Crippen LogP contribution in [0.15, 0.2) is 6.20 Å². The van der Waals surface area contributed by atoms with Gasteiger partial charge in [0.2, 0.25) is 0 Å². The lowest BCUT2D eigenvalue weighted by molar-refractivity contribution is 0.0665. The van der Waals surface area contributed by atoms with Gasteiger partial charge < -0.3 is 9.64 Å². The zero-order valence-electron chi connectivity index (χ0n) is 11.7. The van der Waals surface area contributed by atoms with Crippen molar-refractivity contribution in [3.63, 3.8) is 0 Å². The van der Waals surface area contributed by atoms with E-state index >= 15 is 0 Å². The predicted octanol–water partition coefficient (Wildman–Crippen LogP) is 2.73. The smallest absolute Gasteiger partial charge is 0.265 e. The summed E-state index contributed by atoms with van der Waals surface area (Å²) in [7, 11) is 1.74. The number of hydrogen-bond acceptors (Lipinski definition) is 4. The maximum absolute atomic E-state index is 12.4. The average molecular weight is 282 g/mol. The number of aryl methyl sites for hydroxylation is 1. The molecule has 2 heterocycles. The first-order valence-electron chi connectivity index (χ1n) is 6.91. The number of methoxy groups -OCH3 is 1. The molecule has 106 valence electrons. The van der Waals surface area contributed by atoms with E-state index in [1.54, 1.807) is 13.3 Å². The van der Waals surface area contributed by atoms with Crippen molar-refractivity contribution in [1.82, 2.24) is 9.88 Å². The van der Waals surface area contributed by atoms with Crippen LogP contribution in [0.25, 0.3) is 0 Å². The molecule has 1 fully saturated rings. The normalized spacial score (nSPS) is 19.7. The van der Waals surface area contributed by atoms with Crippen molar-refractivity contribution in [3.05, 3.63) is 16.1 Å². The molecule has 0 radical (unpaired) electrons. The molecule has 5 heteroatoms. The summed E-state index contributed by atoms with van der Waals surface area (Å²) in [6, 6.07) is 0. The molecule has 1 aromatic rings. The molecule has 1 aliphatic rings. The highest BCUT2D eigenvalue weighted by atomic mass is 32.1. The molecule has 0 bridgehead atoms. The highest BCUT2D eigenvalue weighted by molar-refractivity contribution is 7.13. The van der Waals surface area contributed by atoms with Crippen molar-refractivity contribution >= 4 is 17.2 Å². The second-order valence-electron chi connectivity index (χ2n) is 5.14. The van der Waals surface area contributed by atoms with Crippen molar-refractivity contribution in [3.8, 4) is 0 Å². The van der Waals surface area contributed by atoms with Gasteiger partial charge in [0.15, 0.2) is 0 Å². The summed E-state index contributed by atoms with van der Waals surface area (Å²) in [4.78, 5) is 19.3. The van der Waals surface area contributed by atoms with Gasteiger partial charge in [0.25, 0.3) is 5.91 Å². The Morgan fingerprint density at radius 1 is 1.63 bits per heavy atom. The molecule has 4 nitrogen and oxygen atoms in total. The number of ether oxygens (including phenoxy) is 1. The molecule has 1 amide bonds. The summed E-state index contributed by atoms with van der Waals surface area (Å²) >= 11 is 1.49. The van der Waals surface area contributed by atoms with Crippen LogP contribution in [0.1, 0.15) is 40.4 Å². The van der Waals surface area contributed by atoms with Crippen molar-refractivity contribution < 1.29 is 9.53 Å². The van der Waals surface area contributed by atoms with E-state index in [0.29, 0.717) is 5.92 Å². The largest absolute Gasteiger partial charge is 0.385 e. The van der Waals surface area contributed by atoms with E-state index in [9.17, 15) is 4.79 Å². The fourth-order valence-corrected chi connectivity index (χ4v) is 3.36. The monoisotopic (exact) mass is 282 g/mol. The molecule has 0 N–H and O–H groups in total. The molecular weight excluding hydrogens is 260 g/mol. The summed E-state index contributed by atoms with van der Waals surface area (Å²) in [6.45, 7) is 4.53. The van der Waals surface area contributed by atoms with E-state index in [4.69, 9.17) is 4.74 Å². The number of likely N-dealkylation sites (tertiary alicyclic amines) is 1. The Kier molecular flexibility index (Phi) is 5.34. The van der Waals surface area contributed by atoms with Crippen LogP contribution >= 0.6 is 11.3 Å². The zero-order valence-corrected chi connectivity index (χ0v) is 12.5. The lowest BCUT2D eigenvalue weighted by Gasteiger charge is -2.32. The Labute approximate surface area is 118 Å². The third-order valence-electron chi connectivity index (χ3n) is 3.60. The van der Waals surface area contributed by atoms with E-state index in [1.807, 2.05) is 11.8 Å². The lowest BCUT2D eigenvalue weighted by Crippen LogP contribution is -2.39. The number of amides is 1. The summed E-state index contributed by atoms with van der Waals surface area (Å²) in [6.07, 6.45) is 6.29. The first-order valence-corrected chi connectivity index (χ1v) is 7.73. The van der Waals surface area contributed by atoms with E-state index in [1.165, 1.54) is 17.8 Å². The number of carbonyl (C=O) groups is 1. The van der Waals surface area contributed by atoms with Gasteiger partial charge in [-0.2, -0.15) is 0 Å². The highest BCUT2D eigenvalue weighted by Crippen LogP contribution is 2.23. The molecule has 1 aliphatic heterocycles. The van der Waals surface area contributed by atoms with Crippen LogP contribution in [0.4, 0.5) is 0 Å². The van der Waals surface area contributed by atoms with Gasteiger partial charge in [0, 0.05) is 26.8 Å². The number of thiazole rings is 1. The number of rotatable bonds is 5. The van der Waals surface area contributed by atoms with Crippen LogP contribution in [0.3, 0.4) is 0 Å². The van der Waals surface area contributed by atoms with E-state index in [0.717, 1.165) is 48.8 Å². The first kappa shape index (κ1) is 14.5. The SMILES string of the molecule is COCCCC1CCCN(C(=O)c2cnc(C)s2)C1. The van der Waals surface area contributed by atoms with Gasteiger partial charge in [-0.15, -0.1) is 11.3 Å². The van der Waals surface area contributed by atoms with Gasteiger partial charge in [-0.1, -0.05) is 0 Å². The molecule has 2 rings (SSSR count). The quantitative estimate of drug-likeness (QED) is 0.780. The minimum atomic E-state index is 0.155. The van der Waals surface area contributed by atoms with Gasteiger partial charge >= 0.3 is 0 Å². The van der Waals surface area contributed by atoms with Crippen molar-refractivity contribution in [2.45, 2.75) is 32.6 Å². The predicted molar refractivity (Wildman–Crippen MR) is 76.6 cm³/mol. The minimum Gasteiger partial charge on any atom is -0.385 e. The summed E-state index contributed by atoms with van der Waals surface area (Å²) in [5.41, 5.74) is 0. The van der Waals surface area contributed by atoms with Gasteiger partial charge in [0.05, 0.1) is 11.2 Å². The van der Waals surface area contributed by atoms with Gasteiger partial charge in [-0.3, -0.25) is 4.79 Å². The maximum Gasteiger partial charge on any atom is 0.265 e. The Hall–Kier alpha value is -0.940. The molecule has 1 unspecified atom stereocenters. The fraction of sp³-hybridized carbons (Fsp3) is 0.714. The molecule has 19 heavy (non-hydrogen) atoms. The summed E-state index contributed by atoms with van der Waals surface area (Å²) in [5.74, 6) is 0.781. The second kappa shape index (κ2) is 7.01. The van der Waals surface area contributed by atoms with Crippen LogP contribution in [-0.2, 0) is 4.74 Å². The van der Waals surface area contributed by atoms with Gasteiger partial charge in [-0.25, -0.2) is 4.98 Å². The molecule has 0 aromatic carbocycles. The second-order valence-corrected chi connectivity index (χ2v) is 6.37. The number of hydrogen-bond donors (Lipinski definition) is 0. The van der Waals surface area contributed by atoms with Crippen LogP contribution in [-0.4, -0.2) is 42.6 Å². The summed E-state index contributed by atoms with van der Waals surface area (Å²) in [5, 5.41) is 0.956. The number of nitrogens with zero attached hydrogens (tertiary/aromatic N) is 2. The number of aromatic nitrogens is 1. The van der Waals surface area contributed by atoms with Gasteiger partial charge in [-0.05, 0) is 38.5 Å². The van der Waals surface area contributed by atoms with E-state index < -0.39 is 0 Å². The topological polar surface area (TPSA) is 42.4 Å². The Morgan fingerprint density at radius 3 is 3.16 bits per heavy atom. The van der Waals surface area contributed by atoms with Crippen LogP contribution < -0.4 is 0 Å². The highest BCUT2D eigenvalue weighted by Gasteiger charge is 2.25. The van der Waals surface area contributed by atoms with Crippen LogP contribution in [0.2, 0.25) is 0 Å². The van der Waals surface area contributed by atoms with Gasteiger partial charge in [0.1, 0.15) is 4.88 Å². The Bertz CT molecular complexity index is 419. The molecule has 0 saturated carbocycles. The minimum absolute atomic E-state index is 0.155. The average Bonchev–Trinajstić information content (AvgIpc) is 2.85. The standard InChI is InChI=1S/C14H22N2O2S/c1-11-15-9-13(19-11)14(17)16-7-3-5-12(10-16)6-4-8-18-2/h9,12H,3-8,10H2,1-2H3. The van der Waals surface area contributed by atoms with Crippen LogP contribution in [0, 0.1) is 12.8 Å². The van der Waals surface area contributed by atoms with Crippen molar-refractivity contribution in [1.29, 1.82) is 0 Å². The maximum atomic E-state index is 12.4. The van der Waals surface area contributed by atoms with E-state index in [-0.39, 0.29) is 5.91 Å². The fourth-order valence-electron chi connectivity index (χ4n) is 2.62. The molecule has 1 saturated heterocycles. The third-order valence-corrected chi connectivity index (χ3v) is 4.50. The lowest BCUT2D eigenvalue weighted by atomic mass is 9.93. The zero-order chi connectivity index (χ0) is 13.7. The van der Waals surface area contributed by atoms with E-state index in [2.05, 4.69) is 4.98 Å². The molecule has 0 aliphatic carbocycles. The molecule has 1 aromatic heterocycles. The molecule has 1 atom stereocenters.